The minimum Gasteiger partial charge on any atom is -0.390 e. The third-order valence-electron chi connectivity index (χ3n) is 14.7. The quantitative estimate of drug-likeness (QED) is 0.0655. The molecule has 1 amide bonds. The van der Waals surface area contributed by atoms with Crippen LogP contribution in [0.3, 0.4) is 0 Å². The third-order valence-corrected chi connectivity index (χ3v) is 17.5. The van der Waals surface area contributed by atoms with E-state index in [2.05, 4.69) is 36.9 Å². The Balaban J connectivity index is 0.870. The standard InChI is InChI=1S/C57H65ClF3N7O5S2/c1-39-51(54(69)68-37-56(3,71)38-68)52(53(64(39)4)40-13-15-43(58)16-14-40)41-9-8-10-47(33-41)67-31-29-66(30-32-67)46-19-17-44(18-20-46)63-75(72,73)49-21-22-50(42(34-49)35-57(59,60)61)62-45(36-74-48-11-6-5-7-12-48)23-26-65-27-24-55(2,70)25-28-65/h5-22,33-34,45,62-63,70-71H,23-32,35-38H2,1-4H3/t45-/m1/s1. The average Bonchev–Trinajstić information content (AvgIpc) is 3.65. The highest BCUT2D eigenvalue weighted by Crippen LogP contribution is 2.42. The molecule has 0 unspecified atom stereocenters. The van der Waals surface area contributed by atoms with Crippen molar-refractivity contribution in [3.8, 4) is 22.4 Å². The molecule has 398 valence electrons. The molecule has 0 saturated carbocycles. The second kappa shape index (κ2) is 22.1. The summed E-state index contributed by atoms with van der Waals surface area (Å²) in [6.07, 6.45) is -3.98. The summed E-state index contributed by atoms with van der Waals surface area (Å²) in [6, 6.07) is 36.3. The van der Waals surface area contributed by atoms with E-state index in [1.54, 1.807) is 35.7 Å². The van der Waals surface area contributed by atoms with Crippen LogP contribution in [0.5, 0.6) is 0 Å². The molecule has 0 bridgehead atoms. The maximum absolute atomic E-state index is 14.2. The number of piperidine rings is 1. The van der Waals surface area contributed by atoms with Crippen molar-refractivity contribution < 1.29 is 36.6 Å². The van der Waals surface area contributed by atoms with Crippen LogP contribution in [0.4, 0.5) is 35.9 Å². The van der Waals surface area contributed by atoms with Gasteiger partial charge in [0.15, 0.2) is 0 Å². The number of β-amino-alcohol motifs (C(OH)–C–C–N with tert-alkyl or cyclic N) is 1. The van der Waals surface area contributed by atoms with Crippen molar-refractivity contribution in [2.24, 2.45) is 7.05 Å². The molecule has 0 spiro atoms. The highest BCUT2D eigenvalue weighted by molar-refractivity contribution is 7.99. The molecule has 1 atom stereocenters. The summed E-state index contributed by atoms with van der Waals surface area (Å²) in [7, 11) is -2.33. The number of aromatic nitrogens is 1. The Kier molecular flexibility index (Phi) is 16.0. The van der Waals surface area contributed by atoms with Gasteiger partial charge in [0.1, 0.15) is 0 Å². The molecule has 4 N–H and O–H groups in total. The van der Waals surface area contributed by atoms with E-state index >= 15 is 0 Å². The largest absolute Gasteiger partial charge is 0.393 e. The number of sulfonamides is 1. The number of thioether (sulfide) groups is 1. The fourth-order valence-electron chi connectivity index (χ4n) is 10.4. The molecular weight excluding hydrogens is 1020 g/mol. The Morgan fingerprint density at radius 3 is 2.08 bits per heavy atom. The van der Waals surface area contributed by atoms with Crippen molar-refractivity contribution in [2.45, 2.75) is 79.7 Å². The van der Waals surface area contributed by atoms with Gasteiger partial charge >= 0.3 is 6.18 Å². The molecule has 0 aliphatic carbocycles. The lowest BCUT2D eigenvalue weighted by molar-refractivity contribution is -0.127. The fourth-order valence-corrected chi connectivity index (χ4v) is 12.6. The van der Waals surface area contributed by atoms with E-state index in [0.717, 1.165) is 63.5 Å². The summed E-state index contributed by atoms with van der Waals surface area (Å²) in [4.78, 5) is 23.4. The summed E-state index contributed by atoms with van der Waals surface area (Å²) in [5.41, 5.74) is 5.54. The van der Waals surface area contributed by atoms with Crippen molar-refractivity contribution in [3.05, 3.63) is 143 Å². The minimum atomic E-state index is -4.59. The predicted octanol–water partition coefficient (Wildman–Crippen LogP) is 10.6. The van der Waals surface area contributed by atoms with E-state index in [1.165, 1.54) is 12.1 Å². The van der Waals surface area contributed by atoms with Crippen molar-refractivity contribution in [1.29, 1.82) is 0 Å². The Labute approximate surface area is 447 Å². The number of carbonyl (C=O) groups excluding carboxylic acids is 1. The van der Waals surface area contributed by atoms with Gasteiger partial charge < -0.3 is 39.7 Å². The van der Waals surface area contributed by atoms with Crippen LogP contribution < -0.4 is 19.8 Å². The smallest absolute Gasteiger partial charge is 0.390 e. The number of anilines is 4. The second-order valence-electron chi connectivity index (χ2n) is 20.8. The Bertz CT molecular complexity index is 3080. The van der Waals surface area contributed by atoms with Crippen LogP contribution in [0.2, 0.25) is 5.02 Å². The van der Waals surface area contributed by atoms with Crippen LogP contribution in [0.1, 0.15) is 54.7 Å². The number of nitrogens with zero attached hydrogens (tertiary/aromatic N) is 5. The van der Waals surface area contributed by atoms with Crippen LogP contribution in [-0.2, 0) is 23.5 Å². The number of hydrogen-bond donors (Lipinski definition) is 4. The van der Waals surface area contributed by atoms with E-state index in [9.17, 15) is 36.6 Å². The lowest BCUT2D eigenvalue weighted by Gasteiger charge is -2.44. The molecule has 1 aromatic heterocycles. The Morgan fingerprint density at radius 2 is 1.44 bits per heavy atom. The topological polar surface area (TPSA) is 134 Å². The zero-order chi connectivity index (χ0) is 53.3. The zero-order valence-corrected chi connectivity index (χ0v) is 45.1. The van der Waals surface area contributed by atoms with Crippen molar-refractivity contribution in [2.75, 3.05) is 84.5 Å². The van der Waals surface area contributed by atoms with Gasteiger partial charge in [-0.25, -0.2) is 8.42 Å². The number of amides is 1. The first-order valence-electron chi connectivity index (χ1n) is 25.4. The van der Waals surface area contributed by atoms with Crippen LogP contribution in [0, 0.1) is 6.92 Å². The number of alkyl halides is 3. The number of aliphatic hydroxyl groups is 2. The van der Waals surface area contributed by atoms with E-state index in [0.29, 0.717) is 68.3 Å². The normalized spacial score (nSPS) is 17.4. The molecule has 75 heavy (non-hydrogen) atoms. The lowest BCUT2D eigenvalue weighted by Crippen LogP contribution is -2.61. The molecular formula is C57H65ClF3N7O5S2. The summed E-state index contributed by atoms with van der Waals surface area (Å²) < 4.78 is 74.8. The SMILES string of the molecule is Cc1c(C(=O)N2CC(C)(O)C2)c(-c2cccc(N3CCN(c4ccc(NS(=O)(=O)c5ccc(N[C@H](CCN6CCC(C)(O)CC6)CSc6ccccc6)c(CC(F)(F)F)c5)cc4)CC3)c2)c(-c2ccc(Cl)cc2)n1C. The number of halogens is 4. The molecule has 3 fully saturated rings. The first kappa shape index (κ1) is 54.1. The summed E-state index contributed by atoms with van der Waals surface area (Å²) in [5.74, 6) is 0.442. The summed E-state index contributed by atoms with van der Waals surface area (Å²) in [6.45, 7) is 10.9. The molecule has 6 aromatic rings. The second-order valence-corrected chi connectivity index (χ2v) is 24.0. The van der Waals surface area contributed by atoms with E-state index < -0.39 is 33.8 Å². The molecule has 9 rings (SSSR count). The van der Waals surface area contributed by atoms with Gasteiger partial charge in [-0.3, -0.25) is 9.52 Å². The highest BCUT2D eigenvalue weighted by Gasteiger charge is 2.42. The lowest BCUT2D eigenvalue weighted by atomic mass is 9.92. The number of carbonyl (C=O) groups is 1. The van der Waals surface area contributed by atoms with Gasteiger partial charge in [0.05, 0.1) is 46.9 Å². The van der Waals surface area contributed by atoms with Gasteiger partial charge in [0.2, 0.25) is 0 Å². The Hall–Kier alpha value is -5.69. The number of hydrogen-bond acceptors (Lipinski definition) is 10. The van der Waals surface area contributed by atoms with E-state index in [-0.39, 0.29) is 46.9 Å². The monoisotopic (exact) mass is 1080 g/mol. The maximum atomic E-state index is 14.2. The number of likely N-dealkylation sites (tertiary alicyclic amines) is 2. The highest BCUT2D eigenvalue weighted by atomic mass is 35.5. The molecule has 3 saturated heterocycles. The van der Waals surface area contributed by atoms with Crippen LogP contribution in [-0.4, -0.2) is 127 Å². The van der Waals surface area contributed by atoms with Crippen molar-refractivity contribution in [3.63, 3.8) is 0 Å². The Morgan fingerprint density at radius 1 is 0.787 bits per heavy atom. The van der Waals surface area contributed by atoms with Gasteiger partial charge in [0, 0.05) is 109 Å². The molecule has 3 aliphatic heterocycles. The predicted molar refractivity (Wildman–Crippen MR) is 296 cm³/mol. The average molecular weight is 1080 g/mol. The van der Waals surface area contributed by atoms with E-state index in [1.807, 2.05) is 104 Å². The first-order chi connectivity index (χ1) is 35.6. The van der Waals surface area contributed by atoms with Crippen LogP contribution in [0.25, 0.3) is 22.4 Å². The summed E-state index contributed by atoms with van der Waals surface area (Å²) in [5, 5.41) is 25.0. The zero-order valence-electron chi connectivity index (χ0n) is 42.7. The maximum Gasteiger partial charge on any atom is 0.393 e. The summed E-state index contributed by atoms with van der Waals surface area (Å²) >= 11 is 7.91. The minimum absolute atomic E-state index is 0.129. The van der Waals surface area contributed by atoms with Gasteiger partial charge in [-0.15, -0.1) is 11.8 Å². The molecule has 12 nitrogen and oxygen atoms in total. The van der Waals surface area contributed by atoms with Gasteiger partial charge in [-0.05, 0) is 136 Å². The number of benzene rings is 5. The van der Waals surface area contributed by atoms with Crippen molar-refractivity contribution in [1.82, 2.24) is 14.4 Å². The molecule has 18 heteroatoms. The third kappa shape index (κ3) is 13.1. The first-order valence-corrected chi connectivity index (χ1v) is 28.2. The molecule has 3 aliphatic rings. The number of piperazine rings is 1. The molecule has 0 radical (unpaired) electrons. The number of nitrogens with one attached hydrogen (secondary N) is 2. The number of rotatable bonds is 17. The van der Waals surface area contributed by atoms with E-state index in [4.69, 9.17) is 11.6 Å². The molecule has 5 aromatic carbocycles. The van der Waals surface area contributed by atoms with Gasteiger partial charge in [-0.1, -0.05) is 54.1 Å². The fraction of sp³-hybridized carbons (Fsp3) is 0.386. The van der Waals surface area contributed by atoms with Crippen LogP contribution in [0.15, 0.2) is 131 Å². The van der Waals surface area contributed by atoms with Gasteiger partial charge in [0.25, 0.3) is 15.9 Å². The molecule has 4 heterocycles. The van der Waals surface area contributed by atoms with Gasteiger partial charge in [-0.2, -0.15) is 13.2 Å². The van der Waals surface area contributed by atoms with Crippen molar-refractivity contribution >= 4 is 62.0 Å². The van der Waals surface area contributed by atoms with Crippen LogP contribution >= 0.6 is 23.4 Å².